The summed E-state index contributed by atoms with van der Waals surface area (Å²) >= 11 is 0. The number of hydrogen-bond donors (Lipinski definition) is 1. The second kappa shape index (κ2) is 7.28. The lowest BCUT2D eigenvalue weighted by Crippen LogP contribution is -2.44. The van der Waals surface area contributed by atoms with Crippen LogP contribution in [-0.2, 0) is 14.6 Å². The molecule has 1 saturated heterocycles. The van der Waals surface area contributed by atoms with Crippen LogP contribution in [0.1, 0.15) is 38.0 Å². The van der Waals surface area contributed by atoms with Crippen LogP contribution in [0.5, 0.6) is 0 Å². The number of nitrogens with one attached hydrogen (secondary N) is 1. The molecular formula is C15H24N2O4S. The molecule has 124 valence electrons. The zero-order valence-corrected chi connectivity index (χ0v) is 13.9. The van der Waals surface area contributed by atoms with Crippen molar-refractivity contribution >= 4 is 15.7 Å². The number of piperidine rings is 1. The average molecular weight is 328 g/mol. The SMILES string of the molecule is C[C@H](C(=O)NC[C@H](c1ccco1)N1CCCCC1)S(C)(=O)=O. The molecule has 2 heterocycles. The van der Waals surface area contributed by atoms with E-state index in [2.05, 4.69) is 10.2 Å². The van der Waals surface area contributed by atoms with Gasteiger partial charge in [-0.1, -0.05) is 6.42 Å². The van der Waals surface area contributed by atoms with E-state index in [4.69, 9.17) is 4.42 Å². The minimum atomic E-state index is -3.38. The van der Waals surface area contributed by atoms with Gasteiger partial charge in [-0.3, -0.25) is 9.69 Å². The molecule has 0 spiro atoms. The molecule has 1 aromatic rings. The first kappa shape index (κ1) is 17.0. The predicted octanol–water partition coefficient (Wildman–Crippen LogP) is 1.36. The van der Waals surface area contributed by atoms with Crippen LogP contribution in [0.3, 0.4) is 0 Å². The lowest BCUT2D eigenvalue weighted by molar-refractivity contribution is -0.120. The molecule has 1 fully saturated rings. The zero-order valence-electron chi connectivity index (χ0n) is 13.1. The number of furan rings is 1. The molecule has 1 N–H and O–H groups in total. The highest BCUT2D eigenvalue weighted by molar-refractivity contribution is 7.92. The Labute approximate surface area is 131 Å². The summed E-state index contributed by atoms with van der Waals surface area (Å²) in [4.78, 5) is 14.3. The van der Waals surface area contributed by atoms with Crippen LogP contribution in [0, 0.1) is 0 Å². The third-order valence-corrected chi connectivity index (χ3v) is 5.68. The van der Waals surface area contributed by atoms with Crippen LogP contribution in [0.4, 0.5) is 0 Å². The Bertz CT molecular complexity index is 577. The molecule has 22 heavy (non-hydrogen) atoms. The standard InChI is InChI=1S/C15H24N2O4S/c1-12(22(2,19)20)15(18)16-11-13(14-7-6-10-21-14)17-8-4-3-5-9-17/h6-7,10,12-13H,3-5,8-9,11H2,1-2H3,(H,16,18)/t12-,13-/m1/s1. The molecule has 0 bridgehead atoms. The minimum absolute atomic E-state index is 0.0500. The molecule has 2 atom stereocenters. The van der Waals surface area contributed by atoms with E-state index in [0.717, 1.165) is 37.9 Å². The van der Waals surface area contributed by atoms with E-state index in [1.807, 2.05) is 12.1 Å². The normalized spacial score (nSPS) is 19.5. The first-order valence-electron chi connectivity index (χ1n) is 7.63. The summed E-state index contributed by atoms with van der Waals surface area (Å²) in [6, 6.07) is 3.67. The molecule has 0 radical (unpaired) electrons. The van der Waals surface area contributed by atoms with E-state index in [9.17, 15) is 13.2 Å². The van der Waals surface area contributed by atoms with Crippen molar-refractivity contribution in [2.75, 3.05) is 25.9 Å². The first-order chi connectivity index (χ1) is 10.4. The van der Waals surface area contributed by atoms with Crippen LogP contribution in [-0.4, -0.2) is 50.4 Å². The molecule has 1 aliphatic heterocycles. The monoisotopic (exact) mass is 328 g/mol. The summed E-state index contributed by atoms with van der Waals surface area (Å²) in [6.07, 6.45) is 6.17. The lowest BCUT2D eigenvalue weighted by Gasteiger charge is -2.33. The fraction of sp³-hybridized carbons (Fsp3) is 0.667. The topological polar surface area (TPSA) is 79.6 Å². The average Bonchev–Trinajstić information content (AvgIpc) is 3.00. The largest absolute Gasteiger partial charge is 0.468 e. The molecule has 7 heteroatoms. The van der Waals surface area contributed by atoms with Crippen LogP contribution in [0.2, 0.25) is 0 Å². The van der Waals surface area contributed by atoms with Gasteiger partial charge in [0.1, 0.15) is 11.0 Å². The number of carbonyl (C=O) groups excluding carboxylic acids is 1. The second-order valence-corrected chi connectivity index (χ2v) is 8.21. The fourth-order valence-electron chi connectivity index (χ4n) is 2.66. The van der Waals surface area contributed by atoms with E-state index in [1.54, 1.807) is 6.26 Å². The Hall–Kier alpha value is -1.34. The number of rotatable bonds is 6. The smallest absolute Gasteiger partial charge is 0.238 e. The van der Waals surface area contributed by atoms with Gasteiger partial charge >= 0.3 is 0 Å². The van der Waals surface area contributed by atoms with Crippen molar-refractivity contribution in [2.45, 2.75) is 37.5 Å². The summed E-state index contributed by atoms with van der Waals surface area (Å²) in [5.74, 6) is 0.338. The maximum absolute atomic E-state index is 12.0. The summed E-state index contributed by atoms with van der Waals surface area (Å²) in [5.41, 5.74) is 0. The highest BCUT2D eigenvalue weighted by Crippen LogP contribution is 2.24. The number of nitrogens with zero attached hydrogens (tertiary/aromatic N) is 1. The van der Waals surface area contributed by atoms with Crippen molar-refractivity contribution in [3.63, 3.8) is 0 Å². The molecule has 0 saturated carbocycles. The van der Waals surface area contributed by atoms with Gasteiger partial charge in [0.2, 0.25) is 5.91 Å². The van der Waals surface area contributed by atoms with Crippen molar-refractivity contribution in [3.05, 3.63) is 24.2 Å². The molecule has 1 aromatic heterocycles. The molecular weight excluding hydrogens is 304 g/mol. The van der Waals surface area contributed by atoms with Crippen molar-refractivity contribution in [2.24, 2.45) is 0 Å². The Balaban J connectivity index is 2.02. The quantitative estimate of drug-likeness (QED) is 0.853. The van der Waals surface area contributed by atoms with Crippen molar-refractivity contribution in [1.82, 2.24) is 10.2 Å². The van der Waals surface area contributed by atoms with E-state index < -0.39 is 21.0 Å². The maximum atomic E-state index is 12.0. The number of amides is 1. The van der Waals surface area contributed by atoms with E-state index in [0.29, 0.717) is 6.54 Å². The Morgan fingerprint density at radius 3 is 2.59 bits per heavy atom. The Morgan fingerprint density at radius 2 is 2.05 bits per heavy atom. The van der Waals surface area contributed by atoms with Crippen molar-refractivity contribution in [3.8, 4) is 0 Å². The van der Waals surface area contributed by atoms with Gasteiger partial charge < -0.3 is 9.73 Å². The van der Waals surface area contributed by atoms with Crippen LogP contribution >= 0.6 is 0 Å². The summed E-state index contributed by atoms with van der Waals surface area (Å²) < 4.78 is 28.4. The second-order valence-electron chi connectivity index (χ2n) is 5.84. The summed E-state index contributed by atoms with van der Waals surface area (Å²) in [7, 11) is -3.38. The van der Waals surface area contributed by atoms with Gasteiger partial charge in [0, 0.05) is 12.8 Å². The van der Waals surface area contributed by atoms with E-state index in [1.165, 1.54) is 13.3 Å². The number of carbonyl (C=O) groups is 1. The third kappa shape index (κ3) is 4.33. The zero-order chi connectivity index (χ0) is 16.2. The predicted molar refractivity (Wildman–Crippen MR) is 84.2 cm³/mol. The van der Waals surface area contributed by atoms with Crippen LogP contribution in [0.15, 0.2) is 22.8 Å². The van der Waals surface area contributed by atoms with Gasteiger partial charge in [-0.2, -0.15) is 0 Å². The maximum Gasteiger partial charge on any atom is 0.238 e. The number of sulfone groups is 1. The summed E-state index contributed by atoms with van der Waals surface area (Å²) in [6.45, 7) is 3.69. The molecule has 0 unspecified atom stereocenters. The Kier molecular flexibility index (Phi) is 5.63. The van der Waals surface area contributed by atoms with Crippen molar-refractivity contribution in [1.29, 1.82) is 0 Å². The van der Waals surface area contributed by atoms with Gasteiger partial charge in [0.25, 0.3) is 0 Å². The lowest BCUT2D eigenvalue weighted by atomic mass is 10.1. The van der Waals surface area contributed by atoms with Crippen molar-refractivity contribution < 1.29 is 17.6 Å². The van der Waals surface area contributed by atoms with Gasteiger partial charge in [-0.25, -0.2) is 8.42 Å². The van der Waals surface area contributed by atoms with E-state index in [-0.39, 0.29) is 6.04 Å². The molecule has 1 amide bonds. The molecule has 1 aliphatic rings. The van der Waals surface area contributed by atoms with Gasteiger partial charge in [0.15, 0.2) is 9.84 Å². The Morgan fingerprint density at radius 1 is 1.36 bits per heavy atom. The molecule has 0 aliphatic carbocycles. The van der Waals surface area contributed by atoms with Crippen LogP contribution in [0.25, 0.3) is 0 Å². The van der Waals surface area contributed by atoms with Gasteiger partial charge in [0.05, 0.1) is 12.3 Å². The highest BCUT2D eigenvalue weighted by atomic mass is 32.2. The fourth-order valence-corrected chi connectivity index (χ4v) is 3.13. The third-order valence-electron chi connectivity index (χ3n) is 4.18. The minimum Gasteiger partial charge on any atom is -0.468 e. The molecule has 2 rings (SSSR count). The molecule has 0 aromatic carbocycles. The highest BCUT2D eigenvalue weighted by Gasteiger charge is 2.28. The van der Waals surface area contributed by atoms with Crippen LogP contribution < -0.4 is 5.32 Å². The van der Waals surface area contributed by atoms with Gasteiger partial charge in [-0.15, -0.1) is 0 Å². The molecule has 6 nitrogen and oxygen atoms in total. The first-order valence-corrected chi connectivity index (χ1v) is 9.59. The van der Waals surface area contributed by atoms with E-state index >= 15 is 0 Å². The number of hydrogen-bond acceptors (Lipinski definition) is 5. The van der Waals surface area contributed by atoms with Gasteiger partial charge in [-0.05, 0) is 45.0 Å². The number of likely N-dealkylation sites (tertiary alicyclic amines) is 1. The summed E-state index contributed by atoms with van der Waals surface area (Å²) in [5, 5.41) is 1.72.